The molecule has 0 fully saturated rings. The lowest BCUT2D eigenvalue weighted by molar-refractivity contribution is 1.16. The Balaban J connectivity index is 1.50. The van der Waals surface area contributed by atoms with Crippen LogP contribution in [0.2, 0.25) is 0 Å². The lowest BCUT2D eigenvalue weighted by Crippen LogP contribution is -1.98. The van der Waals surface area contributed by atoms with Gasteiger partial charge in [0.15, 0.2) is 0 Å². The van der Waals surface area contributed by atoms with Crippen LogP contribution in [0.3, 0.4) is 0 Å². The molecule has 0 unspecified atom stereocenters. The monoisotopic (exact) mass is 512 g/mol. The highest BCUT2D eigenvalue weighted by molar-refractivity contribution is 6.29. The van der Waals surface area contributed by atoms with Crippen molar-refractivity contribution in [2.24, 2.45) is 0 Å². The summed E-state index contributed by atoms with van der Waals surface area (Å²) in [5, 5.41) is 4.83. The van der Waals surface area contributed by atoms with E-state index in [1.54, 1.807) is 0 Å². The molecule has 0 bridgehead atoms. The fourth-order valence-electron chi connectivity index (χ4n) is 6.33. The van der Waals surface area contributed by atoms with Gasteiger partial charge in [-0.1, -0.05) is 36.4 Å². The van der Waals surface area contributed by atoms with Crippen molar-refractivity contribution >= 4 is 65.7 Å². The standard InChI is InChI=1S/C34H20N6/c1-3-11-25-21(7-1)31-27(39(25)29-15-19-35-23-9-5-17-37-33(23)29)13-14-28-32(31)22-8-2-4-12-26(22)40(28)30-16-20-36-24-10-6-18-38-34(24)30/h1-20H. The summed E-state index contributed by atoms with van der Waals surface area (Å²) in [5.41, 5.74) is 10.1. The molecule has 0 N–H and O–H groups in total. The lowest BCUT2D eigenvalue weighted by atomic mass is 10.1. The van der Waals surface area contributed by atoms with E-state index in [-0.39, 0.29) is 0 Å². The van der Waals surface area contributed by atoms with Gasteiger partial charge in [-0.3, -0.25) is 19.9 Å². The van der Waals surface area contributed by atoms with E-state index in [0.29, 0.717) is 0 Å². The van der Waals surface area contributed by atoms with Gasteiger partial charge in [0.05, 0.1) is 44.5 Å². The van der Waals surface area contributed by atoms with Crippen LogP contribution in [0.25, 0.3) is 77.1 Å². The Hall–Kier alpha value is -5.62. The van der Waals surface area contributed by atoms with E-state index in [1.165, 1.54) is 21.5 Å². The summed E-state index contributed by atoms with van der Waals surface area (Å²) in [6, 6.07) is 33.7. The van der Waals surface area contributed by atoms with E-state index >= 15 is 0 Å². The molecule has 6 aromatic heterocycles. The molecule has 6 heteroatoms. The number of hydrogen-bond acceptors (Lipinski definition) is 4. The molecule has 40 heavy (non-hydrogen) atoms. The smallest absolute Gasteiger partial charge is 0.113 e. The van der Waals surface area contributed by atoms with Gasteiger partial charge in [0.2, 0.25) is 0 Å². The summed E-state index contributed by atoms with van der Waals surface area (Å²) in [6.07, 6.45) is 7.40. The summed E-state index contributed by atoms with van der Waals surface area (Å²) in [4.78, 5) is 18.6. The van der Waals surface area contributed by atoms with Gasteiger partial charge in [-0.05, 0) is 60.7 Å². The van der Waals surface area contributed by atoms with Crippen LogP contribution < -0.4 is 0 Å². The van der Waals surface area contributed by atoms with Gasteiger partial charge in [0.25, 0.3) is 0 Å². The van der Waals surface area contributed by atoms with Crippen molar-refractivity contribution in [2.75, 3.05) is 0 Å². The molecule has 0 aliphatic carbocycles. The van der Waals surface area contributed by atoms with Crippen molar-refractivity contribution < 1.29 is 0 Å². The molecule has 0 saturated carbocycles. The van der Waals surface area contributed by atoms with Gasteiger partial charge in [-0.2, -0.15) is 0 Å². The zero-order chi connectivity index (χ0) is 26.2. The number of hydrogen-bond donors (Lipinski definition) is 0. The maximum atomic E-state index is 4.74. The molecule has 9 rings (SSSR count). The van der Waals surface area contributed by atoms with Crippen LogP contribution in [-0.2, 0) is 0 Å². The minimum atomic E-state index is 0.876. The first-order valence-corrected chi connectivity index (χ1v) is 13.2. The Labute approximate surface area is 227 Å². The van der Waals surface area contributed by atoms with Gasteiger partial charge in [-0.25, -0.2) is 0 Å². The normalized spacial score (nSPS) is 12.0. The Morgan fingerprint density at radius 1 is 0.375 bits per heavy atom. The van der Waals surface area contributed by atoms with Gasteiger partial charge in [-0.15, -0.1) is 0 Å². The minimum absolute atomic E-state index is 0.876. The quantitative estimate of drug-likeness (QED) is 0.237. The molecule has 186 valence electrons. The predicted molar refractivity (Wildman–Crippen MR) is 161 cm³/mol. The Morgan fingerprint density at radius 2 is 0.850 bits per heavy atom. The largest absolute Gasteiger partial charge is 0.307 e. The van der Waals surface area contributed by atoms with E-state index in [4.69, 9.17) is 9.97 Å². The summed E-state index contributed by atoms with van der Waals surface area (Å²) in [5.74, 6) is 0. The Kier molecular flexibility index (Phi) is 4.24. The molecule has 0 atom stereocenters. The molecule has 0 saturated heterocycles. The van der Waals surface area contributed by atoms with Gasteiger partial charge >= 0.3 is 0 Å². The molecular formula is C34H20N6. The third kappa shape index (κ3) is 2.77. The fourth-order valence-corrected chi connectivity index (χ4v) is 6.33. The molecule has 3 aromatic carbocycles. The van der Waals surface area contributed by atoms with Crippen LogP contribution >= 0.6 is 0 Å². The second-order valence-electron chi connectivity index (χ2n) is 9.96. The number of pyridine rings is 4. The average Bonchev–Trinajstić information content (AvgIpc) is 3.53. The number of benzene rings is 3. The predicted octanol–water partition coefficient (Wildman–Crippen LogP) is 7.77. The van der Waals surface area contributed by atoms with Crippen LogP contribution in [0.4, 0.5) is 0 Å². The first-order valence-electron chi connectivity index (χ1n) is 13.2. The Bertz CT molecular complexity index is 2270. The van der Waals surface area contributed by atoms with Crippen molar-refractivity contribution in [2.45, 2.75) is 0 Å². The summed E-state index contributed by atoms with van der Waals surface area (Å²) in [7, 11) is 0. The van der Waals surface area contributed by atoms with E-state index < -0.39 is 0 Å². The number of aromatic nitrogens is 6. The number of nitrogens with zero attached hydrogens (tertiary/aromatic N) is 6. The third-order valence-electron chi connectivity index (χ3n) is 7.90. The third-order valence-corrected chi connectivity index (χ3v) is 7.90. The summed E-state index contributed by atoms with van der Waals surface area (Å²) < 4.78 is 4.66. The fraction of sp³-hybridized carbons (Fsp3) is 0. The molecule has 0 radical (unpaired) electrons. The molecule has 0 amide bonds. The average molecular weight is 513 g/mol. The summed E-state index contributed by atoms with van der Waals surface area (Å²) >= 11 is 0. The van der Waals surface area contributed by atoms with Gasteiger partial charge < -0.3 is 9.13 Å². The van der Waals surface area contributed by atoms with Crippen LogP contribution in [-0.4, -0.2) is 29.1 Å². The van der Waals surface area contributed by atoms with Crippen molar-refractivity contribution in [1.29, 1.82) is 0 Å². The van der Waals surface area contributed by atoms with E-state index in [2.05, 4.69) is 91.9 Å². The topological polar surface area (TPSA) is 61.4 Å². The zero-order valence-electron chi connectivity index (χ0n) is 21.2. The molecular weight excluding hydrogens is 492 g/mol. The van der Waals surface area contributed by atoms with E-state index in [1.807, 2.05) is 49.1 Å². The van der Waals surface area contributed by atoms with Crippen molar-refractivity contribution in [3.63, 3.8) is 0 Å². The second kappa shape index (κ2) is 7.94. The first-order chi connectivity index (χ1) is 19.9. The molecule has 0 aliphatic heterocycles. The van der Waals surface area contributed by atoms with Crippen molar-refractivity contribution in [1.82, 2.24) is 29.1 Å². The summed E-state index contributed by atoms with van der Waals surface area (Å²) in [6.45, 7) is 0. The number of para-hydroxylation sites is 2. The molecule has 6 nitrogen and oxygen atoms in total. The highest BCUT2D eigenvalue weighted by Gasteiger charge is 2.22. The molecule has 6 heterocycles. The lowest BCUT2D eigenvalue weighted by Gasteiger charge is -2.11. The zero-order valence-corrected chi connectivity index (χ0v) is 21.2. The van der Waals surface area contributed by atoms with Crippen molar-refractivity contribution in [3.05, 3.63) is 122 Å². The number of rotatable bonds is 2. The van der Waals surface area contributed by atoms with E-state index in [9.17, 15) is 0 Å². The van der Waals surface area contributed by atoms with Crippen LogP contribution in [0.5, 0.6) is 0 Å². The maximum Gasteiger partial charge on any atom is 0.113 e. The van der Waals surface area contributed by atoms with Crippen LogP contribution in [0.15, 0.2) is 122 Å². The van der Waals surface area contributed by atoms with Crippen LogP contribution in [0.1, 0.15) is 0 Å². The van der Waals surface area contributed by atoms with Gasteiger partial charge in [0, 0.05) is 46.3 Å². The molecule has 0 aliphatic rings. The van der Waals surface area contributed by atoms with Crippen LogP contribution in [0, 0.1) is 0 Å². The number of fused-ring (bicyclic) bond motifs is 9. The SMILES string of the molecule is c1cnc2c(-n3c4ccccc4c4c5c6ccccc6n(-c6ccnc7cccnc67)c5ccc43)ccnc2c1. The first kappa shape index (κ1) is 21.3. The molecule has 0 spiro atoms. The minimum Gasteiger partial charge on any atom is -0.307 e. The van der Waals surface area contributed by atoms with Crippen molar-refractivity contribution in [3.8, 4) is 11.4 Å². The Morgan fingerprint density at radius 3 is 1.35 bits per heavy atom. The highest BCUT2D eigenvalue weighted by Crippen LogP contribution is 2.43. The molecule has 9 aromatic rings. The highest BCUT2D eigenvalue weighted by atomic mass is 15.0. The second-order valence-corrected chi connectivity index (χ2v) is 9.96. The van der Waals surface area contributed by atoms with Gasteiger partial charge in [0.1, 0.15) is 11.0 Å². The maximum absolute atomic E-state index is 4.74. The van der Waals surface area contributed by atoms with E-state index in [0.717, 1.165) is 55.5 Å².